The van der Waals surface area contributed by atoms with Crippen LogP contribution in [0.3, 0.4) is 0 Å². The molecule has 0 radical (unpaired) electrons. The summed E-state index contributed by atoms with van der Waals surface area (Å²) in [6, 6.07) is 0. The molecule has 0 aromatic carbocycles. The van der Waals surface area contributed by atoms with Crippen molar-refractivity contribution in [3.63, 3.8) is 0 Å². The van der Waals surface area contributed by atoms with Crippen LogP contribution in [0.25, 0.3) is 0 Å². The normalized spacial score (nSPS) is 17.3. The van der Waals surface area contributed by atoms with Crippen molar-refractivity contribution in [2.45, 2.75) is 25.3 Å². The van der Waals surface area contributed by atoms with Crippen LogP contribution >= 0.6 is 0 Å². The van der Waals surface area contributed by atoms with E-state index in [9.17, 15) is 4.79 Å². The van der Waals surface area contributed by atoms with E-state index in [0.29, 0.717) is 18.8 Å². The van der Waals surface area contributed by atoms with Crippen LogP contribution in [0.15, 0.2) is 0 Å². The lowest BCUT2D eigenvalue weighted by atomic mass is 9.95. The molecule has 1 saturated heterocycles. The van der Waals surface area contributed by atoms with E-state index in [1.54, 1.807) is 0 Å². The van der Waals surface area contributed by atoms with E-state index < -0.39 is 5.54 Å². The van der Waals surface area contributed by atoms with Crippen LogP contribution in [-0.4, -0.2) is 48.0 Å². The first kappa shape index (κ1) is 12.4. The lowest BCUT2D eigenvalue weighted by molar-refractivity contribution is -0.125. The van der Waals surface area contributed by atoms with E-state index in [0.717, 1.165) is 13.1 Å². The Morgan fingerprint density at radius 3 is 2.40 bits per heavy atom. The second-order valence-electron chi connectivity index (χ2n) is 4.23. The van der Waals surface area contributed by atoms with Gasteiger partial charge in [0.2, 0.25) is 5.91 Å². The van der Waals surface area contributed by atoms with Gasteiger partial charge in [-0.2, -0.15) is 0 Å². The number of carbonyl (C=O) groups is 1. The number of aliphatic hydroxyl groups is 2. The number of rotatable bonds is 6. The fourth-order valence-electron chi connectivity index (χ4n) is 1.54. The van der Waals surface area contributed by atoms with Crippen molar-refractivity contribution in [2.24, 2.45) is 5.92 Å². The minimum atomic E-state index is -0.853. The van der Waals surface area contributed by atoms with E-state index in [4.69, 9.17) is 10.2 Å². The number of hydrogen-bond acceptors (Lipinski definition) is 4. The third-order valence-electron chi connectivity index (χ3n) is 3.03. The molecule has 0 bridgehead atoms. The van der Waals surface area contributed by atoms with Crippen LogP contribution in [0.1, 0.15) is 19.8 Å². The predicted molar refractivity (Wildman–Crippen MR) is 56.3 cm³/mol. The highest BCUT2D eigenvalue weighted by Gasteiger charge is 2.30. The van der Waals surface area contributed by atoms with Gasteiger partial charge in [0.15, 0.2) is 0 Å². The van der Waals surface area contributed by atoms with Gasteiger partial charge in [-0.25, -0.2) is 0 Å². The van der Waals surface area contributed by atoms with Crippen LogP contribution < -0.4 is 10.6 Å². The maximum atomic E-state index is 11.6. The van der Waals surface area contributed by atoms with Gasteiger partial charge >= 0.3 is 0 Å². The third kappa shape index (κ3) is 3.15. The highest BCUT2D eigenvalue weighted by atomic mass is 16.3. The van der Waals surface area contributed by atoms with Crippen molar-refractivity contribution in [2.75, 3.05) is 26.3 Å². The molecule has 0 aromatic heterocycles. The Morgan fingerprint density at radius 2 is 2.07 bits per heavy atom. The third-order valence-corrected chi connectivity index (χ3v) is 3.03. The SMILES string of the molecule is CCC(CO)(CO)NC(=O)CC1CNC1. The van der Waals surface area contributed by atoms with Gasteiger partial charge in [-0.15, -0.1) is 0 Å². The highest BCUT2D eigenvalue weighted by Crippen LogP contribution is 2.12. The summed E-state index contributed by atoms with van der Waals surface area (Å²) in [6.45, 7) is 3.14. The molecular formula is C10H20N2O3. The molecule has 0 saturated carbocycles. The van der Waals surface area contributed by atoms with Gasteiger partial charge in [-0.1, -0.05) is 6.92 Å². The molecule has 5 nitrogen and oxygen atoms in total. The molecule has 15 heavy (non-hydrogen) atoms. The lowest BCUT2D eigenvalue weighted by Crippen LogP contribution is -2.55. The Labute approximate surface area is 89.9 Å². The average Bonchev–Trinajstić information content (AvgIpc) is 2.20. The van der Waals surface area contributed by atoms with Crippen LogP contribution in [0.2, 0.25) is 0 Å². The Bertz CT molecular complexity index is 204. The van der Waals surface area contributed by atoms with E-state index >= 15 is 0 Å². The number of aliphatic hydroxyl groups excluding tert-OH is 2. The number of amides is 1. The Morgan fingerprint density at radius 1 is 1.47 bits per heavy atom. The number of hydrogen-bond donors (Lipinski definition) is 4. The molecule has 0 aromatic rings. The zero-order valence-electron chi connectivity index (χ0n) is 9.12. The van der Waals surface area contributed by atoms with Gasteiger partial charge in [0, 0.05) is 6.42 Å². The van der Waals surface area contributed by atoms with E-state index in [1.807, 2.05) is 6.92 Å². The minimum absolute atomic E-state index is 0.0912. The molecule has 1 aliphatic heterocycles. The van der Waals surface area contributed by atoms with Crippen molar-refractivity contribution < 1.29 is 15.0 Å². The maximum absolute atomic E-state index is 11.6. The summed E-state index contributed by atoms with van der Waals surface area (Å²) in [4.78, 5) is 11.6. The van der Waals surface area contributed by atoms with Gasteiger partial charge in [-0.05, 0) is 25.4 Å². The molecule has 88 valence electrons. The molecule has 0 unspecified atom stereocenters. The number of nitrogens with one attached hydrogen (secondary N) is 2. The fourth-order valence-corrected chi connectivity index (χ4v) is 1.54. The van der Waals surface area contributed by atoms with Crippen molar-refractivity contribution >= 4 is 5.91 Å². The summed E-state index contributed by atoms with van der Waals surface area (Å²) in [5.74, 6) is 0.309. The molecule has 1 amide bonds. The monoisotopic (exact) mass is 216 g/mol. The molecule has 4 N–H and O–H groups in total. The van der Waals surface area contributed by atoms with Gasteiger partial charge in [0.1, 0.15) is 0 Å². The van der Waals surface area contributed by atoms with E-state index in [-0.39, 0.29) is 19.1 Å². The lowest BCUT2D eigenvalue weighted by Gasteiger charge is -2.32. The largest absolute Gasteiger partial charge is 0.394 e. The average molecular weight is 216 g/mol. The van der Waals surface area contributed by atoms with Gasteiger partial charge in [0.25, 0.3) is 0 Å². The summed E-state index contributed by atoms with van der Waals surface area (Å²) < 4.78 is 0. The second-order valence-corrected chi connectivity index (χ2v) is 4.23. The van der Waals surface area contributed by atoms with Gasteiger partial charge < -0.3 is 20.8 Å². The van der Waals surface area contributed by atoms with Crippen LogP contribution in [0, 0.1) is 5.92 Å². The Balaban J connectivity index is 2.38. The molecule has 1 aliphatic rings. The second kappa shape index (κ2) is 5.44. The molecule has 0 atom stereocenters. The summed E-state index contributed by atoms with van der Waals surface area (Å²) in [5.41, 5.74) is -0.853. The molecule has 1 fully saturated rings. The van der Waals surface area contributed by atoms with Crippen LogP contribution in [0.5, 0.6) is 0 Å². The van der Waals surface area contributed by atoms with Crippen molar-refractivity contribution in [1.29, 1.82) is 0 Å². The molecule has 0 spiro atoms. The Hall–Kier alpha value is -0.650. The predicted octanol–water partition coefficient (Wildman–Crippen LogP) is -1.15. The summed E-state index contributed by atoms with van der Waals surface area (Å²) in [5, 5.41) is 24.1. The van der Waals surface area contributed by atoms with Crippen molar-refractivity contribution in [1.82, 2.24) is 10.6 Å². The van der Waals surface area contributed by atoms with Crippen molar-refractivity contribution in [3.8, 4) is 0 Å². The standard InChI is InChI=1S/C10H20N2O3/c1-2-10(6-13,7-14)12-9(15)3-8-4-11-5-8/h8,11,13-14H,2-7H2,1H3,(H,12,15). The van der Waals surface area contributed by atoms with Gasteiger partial charge in [-0.3, -0.25) is 4.79 Å². The minimum Gasteiger partial charge on any atom is -0.394 e. The smallest absolute Gasteiger partial charge is 0.220 e. The van der Waals surface area contributed by atoms with Crippen molar-refractivity contribution in [3.05, 3.63) is 0 Å². The highest BCUT2D eigenvalue weighted by molar-refractivity contribution is 5.77. The first-order valence-corrected chi connectivity index (χ1v) is 5.39. The van der Waals surface area contributed by atoms with Gasteiger partial charge in [0.05, 0.1) is 18.8 Å². The number of carbonyl (C=O) groups excluding carboxylic acids is 1. The van der Waals surface area contributed by atoms with E-state index in [2.05, 4.69) is 10.6 Å². The zero-order chi connectivity index (χ0) is 11.3. The van der Waals surface area contributed by atoms with Crippen LogP contribution in [-0.2, 0) is 4.79 Å². The quantitative estimate of drug-likeness (QED) is 0.452. The first-order valence-electron chi connectivity index (χ1n) is 5.39. The maximum Gasteiger partial charge on any atom is 0.220 e. The molecule has 1 heterocycles. The topological polar surface area (TPSA) is 81.6 Å². The summed E-state index contributed by atoms with van der Waals surface area (Å²) >= 11 is 0. The van der Waals surface area contributed by atoms with E-state index in [1.165, 1.54) is 0 Å². The molecule has 0 aliphatic carbocycles. The summed E-state index contributed by atoms with van der Waals surface area (Å²) in [7, 11) is 0. The van der Waals surface area contributed by atoms with Crippen LogP contribution in [0.4, 0.5) is 0 Å². The zero-order valence-corrected chi connectivity index (χ0v) is 9.12. The molecular weight excluding hydrogens is 196 g/mol. The first-order chi connectivity index (χ1) is 7.15. The molecule has 5 heteroatoms. The fraction of sp³-hybridized carbons (Fsp3) is 0.900. The Kier molecular flexibility index (Phi) is 4.50. The summed E-state index contributed by atoms with van der Waals surface area (Å²) in [6.07, 6.45) is 0.989. The molecule has 1 rings (SSSR count).